The third-order valence-electron chi connectivity index (χ3n) is 5.85. The topological polar surface area (TPSA) is 114 Å². The molecule has 3 rings (SSSR count). The van der Waals surface area contributed by atoms with E-state index in [1.165, 1.54) is 0 Å². The molecule has 3 N–H and O–H groups in total. The van der Waals surface area contributed by atoms with E-state index in [1.807, 2.05) is 55.5 Å². The molecule has 176 valence electrons. The van der Waals surface area contributed by atoms with Gasteiger partial charge < -0.3 is 25.2 Å². The maximum Gasteiger partial charge on any atom is 0.407 e. The predicted molar refractivity (Wildman–Crippen MR) is 123 cm³/mol. The average Bonchev–Trinajstić information content (AvgIpc) is 3.13. The molecule has 2 amide bonds. The number of carbonyl (C=O) groups excluding carboxylic acids is 2. The first-order chi connectivity index (χ1) is 15.9. The quantitative estimate of drug-likeness (QED) is 0.480. The van der Waals surface area contributed by atoms with Gasteiger partial charge in [-0.15, -0.1) is 0 Å². The van der Waals surface area contributed by atoms with Gasteiger partial charge >= 0.3 is 12.1 Å². The van der Waals surface area contributed by atoms with Gasteiger partial charge in [0.25, 0.3) is 0 Å². The van der Waals surface area contributed by atoms with E-state index >= 15 is 0 Å². The molecule has 8 nitrogen and oxygen atoms in total. The van der Waals surface area contributed by atoms with Gasteiger partial charge in [-0.1, -0.05) is 48.5 Å². The molecule has 33 heavy (non-hydrogen) atoms. The lowest BCUT2D eigenvalue weighted by Gasteiger charge is -2.20. The fraction of sp³-hybridized carbons (Fsp3) is 0.400. The van der Waals surface area contributed by atoms with E-state index in [1.54, 1.807) is 7.11 Å². The van der Waals surface area contributed by atoms with Crippen molar-refractivity contribution in [2.24, 2.45) is 0 Å². The number of rotatable bonds is 11. The standard InChI is InChI=1S/C25H30N2O6/c1-16(32-2)13-14-26-24(30)22(11-12-23(28)29)27-25(31)33-15-21-19-9-5-3-7-17(19)18-8-4-6-10-20(18)21/h3-10,16,21-22H,11-15H2,1-2H3,(H,26,30)(H,27,31)(H,28,29). The van der Waals surface area contributed by atoms with Crippen molar-refractivity contribution in [2.75, 3.05) is 20.3 Å². The van der Waals surface area contributed by atoms with Crippen molar-refractivity contribution >= 4 is 18.0 Å². The number of alkyl carbamates (subject to hydrolysis) is 1. The van der Waals surface area contributed by atoms with Crippen LogP contribution in [0.2, 0.25) is 0 Å². The summed E-state index contributed by atoms with van der Waals surface area (Å²) in [6.45, 7) is 2.34. The van der Waals surface area contributed by atoms with Crippen molar-refractivity contribution < 1.29 is 29.0 Å². The summed E-state index contributed by atoms with van der Waals surface area (Å²) in [4.78, 5) is 36.1. The summed E-state index contributed by atoms with van der Waals surface area (Å²) in [5.74, 6) is -1.60. The Labute approximate surface area is 193 Å². The van der Waals surface area contributed by atoms with E-state index in [0.29, 0.717) is 13.0 Å². The Morgan fingerprint density at radius 2 is 1.61 bits per heavy atom. The SMILES string of the molecule is COC(C)CCNC(=O)C(CCC(=O)O)NC(=O)OCC1c2ccccc2-c2ccccc21. The lowest BCUT2D eigenvalue weighted by atomic mass is 9.98. The molecule has 2 unspecified atom stereocenters. The summed E-state index contributed by atoms with van der Waals surface area (Å²) in [5.41, 5.74) is 4.40. The minimum atomic E-state index is -1.05. The second kappa shape index (κ2) is 11.5. The second-order valence-corrected chi connectivity index (χ2v) is 8.08. The van der Waals surface area contributed by atoms with Crippen LogP contribution in [-0.2, 0) is 19.1 Å². The predicted octanol–water partition coefficient (Wildman–Crippen LogP) is 3.30. The maximum atomic E-state index is 12.5. The highest BCUT2D eigenvalue weighted by Gasteiger charge is 2.30. The van der Waals surface area contributed by atoms with E-state index in [2.05, 4.69) is 10.6 Å². The summed E-state index contributed by atoms with van der Waals surface area (Å²) >= 11 is 0. The van der Waals surface area contributed by atoms with Gasteiger partial charge in [0.2, 0.25) is 5.91 Å². The van der Waals surface area contributed by atoms with Gasteiger partial charge in [-0.3, -0.25) is 9.59 Å². The molecular formula is C25H30N2O6. The smallest absolute Gasteiger partial charge is 0.407 e. The Morgan fingerprint density at radius 3 is 2.18 bits per heavy atom. The third kappa shape index (κ3) is 6.32. The van der Waals surface area contributed by atoms with Crippen LogP contribution in [0.15, 0.2) is 48.5 Å². The number of methoxy groups -OCH3 is 1. The number of carboxylic acids is 1. The van der Waals surface area contributed by atoms with E-state index < -0.39 is 24.0 Å². The molecule has 2 aromatic carbocycles. The number of benzene rings is 2. The zero-order chi connectivity index (χ0) is 23.8. The van der Waals surface area contributed by atoms with Crippen LogP contribution in [0.25, 0.3) is 11.1 Å². The van der Waals surface area contributed by atoms with Crippen molar-refractivity contribution in [1.29, 1.82) is 0 Å². The molecule has 2 atom stereocenters. The molecule has 2 aromatic rings. The van der Waals surface area contributed by atoms with Crippen LogP contribution < -0.4 is 10.6 Å². The summed E-state index contributed by atoms with van der Waals surface area (Å²) in [6, 6.07) is 15.0. The van der Waals surface area contributed by atoms with Crippen LogP contribution >= 0.6 is 0 Å². The number of carboxylic acid groups (broad SMARTS) is 1. The molecular weight excluding hydrogens is 424 g/mol. The first-order valence-electron chi connectivity index (χ1n) is 11.0. The largest absolute Gasteiger partial charge is 0.481 e. The molecule has 0 radical (unpaired) electrons. The van der Waals surface area contributed by atoms with E-state index in [4.69, 9.17) is 14.6 Å². The van der Waals surface area contributed by atoms with Gasteiger partial charge in [0.15, 0.2) is 0 Å². The van der Waals surface area contributed by atoms with Crippen molar-refractivity contribution in [3.05, 3.63) is 59.7 Å². The average molecular weight is 455 g/mol. The fourth-order valence-corrected chi connectivity index (χ4v) is 3.96. The highest BCUT2D eigenvalue weighted by Crippen LogP contribution is 2.44. The zero-order valence-corrected chi connectivity index (χ0v) is 18.9. The molecule has 0 fully saturated rings. The Balaban J connectivity index is 1.60. The number of nitrogens with one attached hydrogen (secondary N) is 2. The van der Waals surface area contributed by atoms with Crippen LogP contribution in [0.4, 0.5) is 4.79 Å². The van der Waals surface area contributed by atoms with Gasteiger partial charge in [0.05, 0.1) is 6.10 Å². The van der Waals surface area contributed by atoms with Gasteiger partial charge in [-0.05, 0) is 42.0 Å². The number of hydrogen-bond acceptors (Lipinski definition) is 5. The lowest BCUT2D eigenvalue weighted by molar-refractivity contribution is -0.137. The summed E-state index contributed by atoms with van der Waals surface area (Å²) in [7, 11) is 1.58. The number of aliphatic carboxylic acids is 1. The van der Waals surface area contributed by atoms with Gasteiger partial charge in [0, 0.05) is 26.0 Å². The molecule has 0 aliphatic heterocycles. The monoisotopic (exact) mass is 454 g/mol. The molecule has 8 heteroatoms. The third-order valence-corrected chi connectivity index (χ3v) is 5.85. The van der Waals surface area contributed by atoms with E-state index in [-0.39, 0.29) is 31.5 Å². The number of fused-ring (bicyclic) bond motifs is 3. The molecule has 0 aromatic heterocycles. The van der Waals surface area contributed by atoms with Gasteiger partial charge in [-0.2, -0.15) is 0 Å². The number of ether oxygens (including phenoxy) is 2. The normalized spacial score (nSPS) is 14.0. The Hall–Kier alpha value is -3.39. The van der Waals surface area contributed by atoms with Crippen molar-refractivity contribution in [3.63, 3.8) is 0 Å². The minimum Gasteiger partial charge on any atom is -0.481 e. The first-order valence-corrected chi connectivity index (χ1v) is 11.0. The van der Waals surface area contributed by atoms with Gasteiger partial charge in [-0.25, -0.2) is 4.79 Å². The Morgan fingerprint density at radius 1 is 1.00 bits per heavy atom. The number of amides is 2. The van der Waals surface area contributed by atoms with Crippen LogP contribution in [0, 0.1) is 0 Å². The molecule has 0 spiro atoms. The van der Waals surface area contributed by atoms with Crippen molar-refractivity contribution in [1.82, 2.24) is 10.6 Å². The molecule has 0 saturated carbocycles. The minimum absolute atomic E-state index is 0.0298. The zero-order valence-electron chi connectivity index (χ0n) is 18.9. The molecule has 1 aliphatic carbocycles. The molecule has 0 bridgehead atoms. The van der Waals surface area contributed by atoms with Crippen LogP contribution in [0.3, 0.4) is 0 Å². The van der Waals surface area contributed by atoms with E-state index in [9.17, 15) is 14.4 Å². The highest BCUT2D eigenvalue weighted by atomic mass is 16.5. The van der Waals surface area contributed by atoms with Gasteiger partial charge in [0.1, 0.15) is 12.6 Å². The van der Waals surface area contributed by atoms with Crippen molar-refractivity contribution in [2.45, 2.75) is 44.2 Å². The molecule has 0 saturated heterocycles. The second-order valence-electron chi connectivity index (χ2n) is 8.08. The summed E-state index contributed by atoms with van der Waals surface area (Å²) in [5, 5.41) is 14.2. The first kappa shape index (κ1) is 24.3. The Bertz CT molecular complexity index is 947. The molecule has 0 heterocycles. The summed E-state index contributed by atoms with van der Waals surface area (Å²) < 4.78 is 10.6. The number of hydrogen-bond donors (Lipinski definition) is 3. The molecule has 1 aliphatic rings. The van der Waals surface area contributed by atoms with E-state index in [0.717, 1.165) is 22.3 Å². The fourth-order valence-electron chi connectivity index (χ4n) is 3.96. The van der Waals surface area contributed by atoms with Crippen molar-refractivity contribution in [3.8, 4) is 11.1 Å². The highest BCUT2D eigenvalue weighted by molar-refractivity contribution is 5.86. The summed E-state index contributed by atoms with van der Waals surface area (Å²) in [6.07, 6.45) is -0.481. The van der Waals surface area contributed by atoms with Crippen LogP contribution in [-0.4, -0.2) is 55.5 Å². The lowest BCUT2D eigenvalue weighted by Crippen LogP contribution is -2.47. The number of carbonyl (C=O) groups is 3. The maximum absolute atomic E-state index is 12.5. The van der Waals surface area contributed by atoms with Crippen LogP contribution in [0.1, 0.15) is 43.2 Å². The van der Waals surface area contributed by atoms with Crippen LogP contribution in [0.5, 0.6) is 0 Å². The Kier molecular flexibility index (Phi) is 8.43.